The third-order valence-corrected chi connectivity index (χ3v) is 1.62. The average molecular weight is 163 g/mol. The summed E-state index contributed by atoms with van der Waals surface area (Å²) in [7, 11) is 0. The molecule has 0 aliphatic carbocycles. The fourth-order valence-electron chi connectivity index (χ4n) is 1.06. The lowest BCUT2D eigenvalue weighted by Gasteiger charge is -2.01. The van der Waals surface area contributed by atoms with Crippen LogP contribution in [0.15, 0.2) is 29.3 Å². The molecule has 0 amide bonds. The molecule has 3 nitrogen and oxygen atoms in total. The van der Waals surface area contributed by atoms with E-state index in [-0.39, 0.29) is 5.96 Å². The van der Waals surface area contributed by atoms with Crippen LogP contribution >= 0.6 is 0 Å². The molecule has 3 heteroatoms. The number of nitrogens with zero attached hydrogens (tertiary/aromatic N) is 1. The molecular formula is C9H13N3. The van der Waals surface area contributed by atoms with Crippen LogP contribution in [0, 0.1) is 0 Å². The largest absolute Gasteiger partial charge is 0.370 e. The van der Waals surface area contributed by atoms with E-state index in [9.17, 15) is 0 Å². The molecule has 0 saturated heterocycles. The van der Waals surface area contributed by atoms with Crippen molar-refractivity contribution in [2.24, 2.45) is 16.5 Å². The maximum Gasteiger partial charge on any atom is 0.191 e. The Labute approximate surface area is 72.1 Å². The Morgan fingerprint density at radius 2 is 2.00 bits per heavy atom. The van der Waals surface area contributed by atoms with Gasteiger partial charge >= 0.3 is 0 Å². The highest BCUT2D eigenvalue weighted by Crippen LogP contribution is 2.18. The second-order valence-electron chi connectivity index (χ2n) is 2.52. The van der Waals surface area contributed by atoms with Gasteiger partial charge in [-0.1, -0.05) is 25.1 Å². The molecule has 0 fully saturated rings. The predicted octanol–water partition coefficient (Wildman–Crippen LogP) is 1.15. The number of rotatable bonds is 2. The lowest BCUT2D eigenvalue weighted by atomic mass is 10.1. The lowest BCUT2D eigenvalue weighted by molar-refractivity contribution is 1.13. The van der Waals surface area contributed by atoms with Crippen LogP contribution in [0.1, 0.15) is 12.5 Å². The summed E-state index contributed by atoms with van der Waals surface area (Å²) < 4.78 is 0. The van der Waals surface area contributed by atoms with E-state index in [0.29, 0.717) is 0 Å². The normalized spacial score (nSPS) is 9.42. The maximum atomic E-state index is 5.28. The van der Waals surface area contributed by atoms with Crippen LogP contribution < -0.4 is 11.5 Å². The van der Waals surface area contributed by atoms with Crippen LogP contribution in [0.25, 0.3) is 0 Å². The average Bonchev–Trinajstić information content (AvgIpc) is 2.04. The number of aryl methyl sites for hydroxylation is 1. The van der Waals surface area contributed by atoms with Gasteiger partial charge in [0.1, 0.15) is 0 Å². The van der Waals surface area contributed by atoms with Crippen LogP contribution in [-0.2, 0) is 6.42 Å². The lowest BCUT2D eigenvalue weighted by Crippen LogP contribution is -2.22. The Balaban J connectivity index is 3.05. The second-order valence-corrected chi connectivity index (χ2v) is 2.52. The van der Waals surface area contributed by atoms with Crippen molar-refractivity contribution in [2.75, 3.05) is 0 Å². The molecule has 0 aromatic heterocycles. The molecule has 0 saturated carbocycles. The summed E-state index contributed by atoms with van der Waals surface area (Å²) in [6.45, 7) is 2.07. The molecule has 0 aliphatic heterocycles. The van der Waals surface area contributed by atoms with Gasteiger partial charge in [-0.2, -0.15) is 0 Å². The Hall–Kier alpha value is -1.51. The monoisotopic (exact) mass is 163 g/mol. The van der Waals surface area contributed by atoms with Gasteiger partial charge in [-0.05, 0) is 18.1 Å². The number of nitrogens with two attached hydrogens (primary N) is 2. The number of hydrogen-bond acceptors (Lipinski definition) is 1. The molecule has 0 spiro atoms. The predicted molar refractivity (Wildman–Crippen MR) is 51.3 cm³/mol. The number of aliphatic imine (C=N–C) groups is 1. The molecule has 0 aliphatic rings. The zero-order chi connectivity index (χ0) is 8.97. The molecule has 0 heterocycles. The summed E-state index contributed by atoms with van der Waals surface area (Å²) in [5.41, 5.74) is 12.6. The molecule has 1 aromatic carbocycles. The summed E-state index contributed by atoms with van der Waals surface area (Å²) in [5.74, 6) is 0.107. The van der Waals surface area contributed by atoms with Crippen LogP contribution in [0.2, 0.25) is 0 Å². The van der Waals surface area contributed by atoms with Gasteiger partial charge in [-0.3, -0.25) is 0 Å². The van der Waals surface area contributed by atoms with Crippen molar-refractivity contribution in [3.05, 3.63) is 29.8 Å². The standard InChI is InChI=1S/C9H13N3/c1-2-7-5-3-4-6-8(7)12-9(10)11/h3-6H,2H2,1H3,(H4,10,11,12). The molecule has 1 rings (SSSR count). The van der Waals surface area contributed by atoms with Gasteiger partial charge in [0.2, 0.25) is 0 Å². The van der Waals surface area contributed by atoms with E-state index in [1.807, 2.05) is 24.3 Å². The van der Waals surface area contributed by atoms with Gasteiger partial charge in [-0.25, -0.2) is 4.99 Å². The zero-order valence-corrected chi connectivity index (χ0v) is 7.12. The maximum absolute atomic E-state index is 5.28. The van der Waals surface area contributed by atoms with Gasteiger partial charge in [0.05, 0.1) is 5.69 Å². The first kappa shape index (κ1) is 8.59. The third-order valence-electron chi connectivity index (χ3n) is 1.62. The van der Waals surface area contributed by atoms with Gasteiger partial charge in [0.25, 0.3) is 0 Å². The SMILES string of the molecule is CCc1ccccc1N=C(N)N. The van der Waals surface area contributed by atoms with Crippen LogP contribution in [0.4, 0.5) is 5.69 Å². The number of benzene rings is 1. The molecule has 4 N–H and O–H groups in total. The fourth-order valence-corrected chi connectivity index (χ4v) is 1.06. The van der Waals surface area contributed by atoms with Gasteiger partial charge in [0.15, 0.2) is 5.96 Å². The molecule has 12 heavy (non-hydrogen) atoms. The van der Waals surface area contributed by atoms with Gasteiger partial charge in [0, 0.05) is 0 Å². The molecule has 0 radical (unpaired) electrons. The van der Waals surface area contributed by atoms with Crippen LogP contribution in [-0.4, -0.2) is 5.96 Å². The summed E-state index contributed by atoms with van der Waals surface area (Å²) in [5, 5.41) is 0. The number of para-hydroxylation sites is 1. The topological polar surface area (TPSA) is 64.4 Å². The summed E-state index contributed by atoms with van der Waals surface area (Å²) in [6, 6.07) is 7.81. The molecular weight excluding hydrogens is 150 g/mol. The first-order valence-corrected chi connectivity index (χ1v) is 3.91. The van der Waals surface area contributed by atoms with Crippen molar-refractivity contribution in [1.82, 2.24) is 0 Å². The van der Waals surface area contributed by atoms with E-state index in [0.717, 1.165) is 17.7 Å². The highest BCUT2D eigenvalue weighted by molar-refractivity contribution is 5.79. The molecule has 1 aromatic rings. The zero-order valence-electron chi connectivity index (χ0n) is 7.12. The van der Waals surface area contributed by atoms with Crippen molar-refractivity contribution in [3.8, 4) is 0 Å². The van der Waals surface area contributed by atoms with Crippen molar-refractivity contribution in [3.63, 3.8) is 0 Å². The Kier molecular flexibility index (Phi) is 2.69. The van der Waals surface area contributed by atoms with E-state index >= 15 is 0 Å². The summed E-state index contributed by atoms with van der Waals surface area (Å²) in [6.07, 6.45) is 0.937. The third kappa shape index (κ3) is 1.99. The van der Waals surface area contributed by atoms with Crippen molar-refractivity contribution < 1.29 is 0 Å². The summed E-state index contributed by atoms with van der Waals surface area (Å²) >= 11 is 0. The Morgan fingerprint density at radius 1 is 1.33 bits per heavy atom. The first-order chi connectivity index (χ1) is 5.74. The highest BCUT2D eigenvalue weighted by atomic mass is 15.0. The van der Waals surface area contributed by atoms with E-state index < -0.39 is 0 Å². The minimum absolute atomic E-state index is 0.107. The molecule has 64 valence electrons. The Morgan fingerprint density at radius 3 is 2.58 bits per heavy atom. The highest BCUT2D eigenvalue weighted by Gasteiger charge is 1.96. The van der Waals surface area contributed by atoms with E-state index in [4.69, 9.17) is 11.5 Å². The van der Waals surface area contributed by atoms with Gasteiger partial charge in [-0.15, -0.1) is 0 Å². The minimum atomic E-state index is 0.107. The summed E-state index contributed by atoms with van der Waals surface area (Å²) in [4.78, 5) is 4.00. The van der Waals surface area contributed by atoms with E-state index in [1.54, 1.807) is 0 Å². The second kappa shape index (κ2) is 3.76. The number of guanidine groups is 1. The first-order valence-electron chi connectivity index (χ1n) is 3.91. The molecule has 0 bridgehead atoms. The Bertz CT molecular complexity index is 288. The smallest absolute Gasteiger partial charge is 0.191 e. The van der Waals surface area contributed by atoms with Gasteiger partial charge < -0.3 is 11.5 Å². The minimum Gasteiger partial charge on any atom is -0.370 e. The quantitative estimate of drug-likeness (QED) is 0.507. The van der Waals surface area contributed by atoms with Crippen molar-refractivity contribution >= 4 is 11.6 Å². The van der Waals surface area contributed by atoms with Crippen LogP contribution in [0.5, 0.6) is 0 Å². The number of hydrogen-bond donors (Lipinski definition) is 2. The van der Waals surface area contributed by atoms with Crippen LogP contribution in [0.3, 0.4) is 0 Å². The van der Waals surface area contributed by atoms with E-state index in [2.05, 4.69) is 11.9 Å². The van der Waals surface area contributed by atoms with Crippen molar-refractivity contribution in [1.29, 1.82) is 0 Å². The van der Waals surface area contributed by atoms with Crippen molar-refractivity contribution in [2.45, 2.75) is 13.3 Å². The molecule has 0 atom stereocenters. The molecule has 0 unspecified atom stereocenters. The van der Waals surface area contributed by atoms with E-state index in [1.165, 1.54) is 0 Å². The fraction of sp³-hybridized carbons (Fsp3) is 0.222.